The second-order valence-electron chi connectivity index (χ2n) is 18.8. The van der Waals surface area contributed by atoms with Crippen molar-refractivity contribution in [3.05, 3.63) is 254 Å². The Morgan fingerprint density at radius 3 is 1.41 bits per heavy atom. The van der Waals surface area contributed by atoms with Crippen molar-refractivity contribution in [2.45, 2.75) is 19.3 Å². The topological polar surface area (TPSA) is 0 Å². The van der Waals surface area contributed by atoms with E-state index in [4.69, 9.17) is 0 Å². The van der Waals surface area contributed by atoms with E-state index < -0.39 is 8.07 Å². The first-order valence-electron chi connectivity index (χ1n) is 23.2. The molecule has 0 bridgehead atoms. The van der Waals surface area contributed by atoms with Gasteiger partial charge in [0, 0.05) is 5.41 Å². The lowest BCUT2D eigenvalue weighted by atomic mass is 9.80. The minimum absolute atomic E-state index is 0.215. The molecule has 0 aliphatic heterocycles. The molecule has 1 heteroatoms. The average molecular weight is 855 g/mol. The monoisotopic (exact) mass is 854 g/mol. The summed E-state index contributed by atoms with van der Waals surface area (Å²) in [7, 11) is -2.88. The summed E-state index contributed by atoms with van der Waals surface area (Å²) in [5, 5.41) is 15.9. The van der Waals surface area contributed by atoms with Crippen molar-refractivity contribution in [2.24, 2.45) is 0 Å². The van der Waals surface area contributed by atoms with Gasteiger partial charge in [0.2, 0.25) is 0 Å². The summed E-state index contributed by atoms with van der Waals surface area (Å²) in [6.45, 7) is 4.84. The Labute approximate surface area is 387 Å². The minimum atomic E-state index is -2.88. The lowest BCUT2D eigenvalue weighted by Gasteiger charge is -2.35. The molecule has 0 unspecified atom stereocenters. The Morgan fingerprint density at radius 1 is 0.273 bits per heavy atom. The predicted octanol–water partition coefficient (Wildman–Crippen LogP) is 14.4. The van der Waals surface area contributed by atoms with Crippen LogP contribution in [0.1, 0.15) is 25.0 Å². The standard InChI is InChI=1S/C65H46Si/c1-65(2)61-41-47(32-35-58(61)59-36-33-48(42-62(59)65)57-34-30-46-29-28-44-18-14-19-45-31-37-60(57)64(46)63(44)45)49-38-50(56-27-15-17-43-16-12-13-26-55(43)56)40-54(39-49)66(51-20-6-3-7-21-51,52-22-8-4-9-23-52)53-24-10-5-11-25-53/h3-42H,1-2H3. The van der Waals surface area contributed by atoms with Gasteiger partial charge in [0.25, 0.3) is 0 Å². The van der Waals surface area contributed by atoms with Crippen LogP contribution in [0.15, 0.2) is 243 Å². The fraction of sp³-hybridized carbons (Fsp3) is 0.0462. The third-order valence-corrected chi connectivity index (χ3v) is 19.7. The molecule has 0 saturated carbocycles. The van der Waals surface area contributed by atoms with Gasteiger partial charge in [-0.2, -0.15) is 0 Å². The first-order chi connectivity index (χ1) is 32.5. The number of benzene rings is 12. The van der Waals surface area contributed by atoms with E-state index in [1.807, 2.05) is 0 Å². The molecule has 12 aromatic carbocycles. The van der Waals surface area contributed by atoms with Gasteiger partial charge in [-0.05, 0) is 138 Å². The molecule has 12 aromatic rings. The van der Waals surface area contributed by atoms with Gasteiger partial charge in [0.05, 0.1) is 0 Å². The van der Waals surface area contributed by atoms with Crippen LogP contribution in [0, 0.1) is 0 Å². The van der Waals surface area contributed by atoms with Crippen molar-refractivity contribution in [3.63, 3.8) is 0 Å². The Hall–Kier alpha value is -7.84. The quantitative estimate of drug-likeness (QED) is 0.0851. The van der Waals surface area contributed by atoms with Gasteiger partial charge >= 0.3 is 0 Å². The molecule has 0 saturated heterocycles. The fourth-order valence-corrected chi connectivity index (χ4v) is 16.6. The van der Waals surface area contributed by atoms with E-state index in [1.165, 1.54) is 119 Å². The Balaban J connectivity index is 1.01. The van der Waals surface area contributed by atoms with Crippen LogP contribution in [0.2, 0.25) is 0 Å². The molecule has 0 N–H and O–H groups in total. The van der Waals surface area contributed by atoms with Crippen molar-refractivity contribution in [2.75, 3.05) is 0 Å². The highest BCUT2D eigenvalue weighted by Gasteiger charge is 2.42. The maximum Gasteiger partial charge on any atom is 0.179 e. The number of rotatable bonds is 7. The fourth-order valence-electron chi connectivity index (χ4n) is 11.8. The van der Waals surface area contributed by atoms with E-state index >= 15 is 0 Å². The summed E-state index contributed by atoms with van der Waals surface area (Å²) in [5.41, 5.74) is 12.7. The molecule has 0 amide bonds. The lowest BCUT2D eigenvalue weighted by Crippen LogP contribution is -2.74. The van der Waals surface area contributed by atoms with Crippen LogP contribution in [0.5, 0.6) is 0 Å². The summed E-state index contributed by atoms with van der Waals surface area (Å²) in [6, 6.07) is 92.0. The largest absolute Gasteiger partial charge is 0.179 e. The molecule has 1 aliphatic carbocycles. The molecule has 0 atom stereocenters. The van der Waals surface area contributed by atoms with Crippen molar-refractivity contribution < 1.29 is 0 Å². The molecule has 0 spiro atoms. The molecular formula is C65H46Si. The van der Waals surface area contributed by atoms with Crippen LogP contribution in [-0.2, 0) is 5.41 Å². The average Bonchev–Trinajstić information content (AvgIpc) is 3.61. The Morgan fingerprint density at radius 2 is 0.742 bits per heavy atom. The van der Waals surface area contributed by atoms with E-state index in [0.29, 0.717) is 0 Å². The third-order valence-electron chi connectivity index (χ3n) is 14.9. The number of fused-ring (bicyclic) bond motifs is 4. The van der Waals surface area contributed by atoms with Gasteiger partial charge in [0.15, 0.2) is 8.07 Å². The Kier molecular flexibility index (Phi) is 8.69. The van der Waals surface area contributed by atoms with Crippen molar-refractivity contribution in [1.29, 1.82) is 0 Å². The van der Waals surface area contributed by atoms with E-state index in [1.54, 1.807) is 0 Å². The number of hydrogen-bond donors (Lipinski definition) is 0. The van der Waals surface area contributed by atoms with E-state index in [9.17, 15) is 0 Å². The van der Waals surface area contributed by atoms with Crippen LogP contribution in [-0.4, -0.2) is 8.07 Å². The van der Waals surface area contributed by atoms with Gasteiger partial charge in [0.1, 0.15) is 0 Å². The molecule has 66 heavy (non-hydrogen) atoms. The lowest BCUT2D eigenvalue weighted by molar-refractivity contribution is 0.661. The molecule has 0 fully saturated rings. The molecule has 1 aliphatic rings. The summed E-state index contributed by atoms with van der Waals surface area (Å²) < 4.78 is 0. The van der Waals surface area contributed by atoms with Gasteiger partial charge < -0.3 is 0 Å². The van der Waals surface area contributed by atoms with E-state index in [2.05, 4.69) is 257 Å². The Bertz CT molecular complexity index is 3710. The molecule has 13 rings (SSSR count). The van der Waals surface area contributed by atoms with E-state index in [0.717, 1.165) is 0 Å². The maximum absolute atomic E-state index is 2.88. The molecule has 0 radical (unpaired) electrons. The van der Waals surface area contributed by atoms with Crippen LogP contribution >= 0.6 is 0 Å². The molecule has 0 nitrogen and oxygen atoms in total. The minimum Gasteiger partial charge on any atom is -0.0623 e. The second kappa shape index (κ2) is 14.9. The van der Waals surface area contributed by atoms with Crippen molar-refractivity contribution in [3.8, 4) is 44.5 Å². The second-order valence-corrected chi connectivity index (χ2v) is 22.6. The smallest absolute Gasteiger partial charge is 0.0623 e. The van der Waals surface area contributed by atoms with Crippen molar-refractivity contribution >= 4 is 71.9 Å². The van der Waals surface area contributed by atoms with Crippen LogP contribution in [0.3, 0.4) is 0 Å². The molecule has 0 aromatic heterocycles. The molecule has 0 heterocycles. The van der Waals surface area contributed by atoms with Crippen LogP contribution in [0.4, 0.5) is 0 Å². The number of hydrogen-bond acceptors (Lipinski definition) is 0. The highest BCUT2D eigenvalue weighted by molar-refractivity contribution is 7.20. The summed E-state index contributed by atoms with van der Waals surface area (Å²) in [4.78, 5) is 0. The third kappa shape index (κ3) is 5.76. The zero-order valence-electron chi connectivity index (χ0n) is 37.1. The normalized spacial score (nSPS) is 13.1. The van der Waals surface area contributed by atoms with Crippen LogP contribution < -0.4 is 20.7 Å². The summed E-state index contributed by atoms with van der Waals surface area (Å²) >= 11 is 0. The first kappa shape index (κ1) is 38.6. The maximum atomic E-state index is 2.54. The van der Waals surface area contributed by atoms with Gasteiger partial charge in [-0.15, -0.1) is 0 Å². The zero-order valence-corrected chi connectivity index (χ0v) is 38.1. The predicted molar refractivity (Wildman–Crippen MR) is 285 cm³/mol. The van der Waals surface area contributed by atoms with Gasteiger partial charge in [-0.25, -0.2) is 0 Å². The van der Waals surface area contributed by atoms with Gasteiger partial charge in [-0.1, -0.05) is 238 Å². The summed E-state index contributed by atoms with van der Waals surface area (Å²) in [5.74, 6) is 0. The summed E-state index contributed by atoms with van der Waals surface area (Å²) in [6.07, 6.45) is 0. The highest BCUT2D eigenvalue weighted by Crippen LogP contribution is 2.51. The van der Waals surface area contributed by atoms with Gasteiger partial charge in [-0.3, -0.25) is 0 Å². The highest BCUT2D eigenvalue weighted by atomic mass is 28.3. The zero-order chi connectivity index (χ0) is 44.0. The molecular weight excluding hydrogens is 809 g/mol. The SMILES string of the molecule is CC1(C)c2cc(-c3cc(-c4cccc5ccccc45)cc([Si](c4ccccc4)(c4ccccc4)c4ccccc4)c3)ccc2-c2ccc(-c3ccc4ccc5cccc6ccc3c4c56)cc21. The van der Waals surface area contributed by atoms with Crippen molar-refractivity contribution in [1.82, 2.24) is 0 Å². The molecule has 310 valence electrons. The first-order valence-corrected chi connectivity index (χ1v) is 25.2. The van der Waals surface area contributed by atoms with Crippen LogP contribution in [0.25, 0.3) is 87.6 Å². The van der Waals surface area contributed by atoms with E-state index in [-0.39, 0.29) is 5.41 Å².